The Balaban J connectivity index is 1.56. The van der Waals surface area contributed by atoms with Crippen LogP contribution in [0.25, 0.3) is 0 Å². The average Bonchev–Trinajstić information content (AvgIpc) is 2.76. The lowest BCUT2D eigenvalue weighted by molar-refractivity contribution is -0.137. The summed E-state index contributed by atoms with van der Waals surface area (Å²) in [6, 6.07) is 10.2. The van der Waals surface area contributed by atoms with Crippen molar-refractivity contribution in [3.63, 3.8) is 0 Å². The summed E-state index contributed by atoms with van der Waals surface area (Å²) in [7, 11) is 0. The summed E-state index contributed by atoms with van der Waals surface area (Å²) in [6.45, 7) is 2.67. The fraction of sp³-hybridized carbons (Fsp3) is 0.409. The highest BCUT2D eigenvalue weighted by molar-refractivity contribution is 5.76. The highest BCUT2D eigenvalue weighted by Gasteiger charge is 2.31. The summed E-state index contributed by atoms with van der Waals surface area (Å²) in [5.41, 5.74) is -0.0169. The maximum Gasteiger partial charge on any atom is 0.416 e. The maximum absolute atomic E-state index is 12.9. The second kappa shape index (κ2) is 10.6. The van der Waals surface area contributed by atoms with Crippen LogP contribution >= 0.6 is 0 Å². The molecule has 1 aliphatic heterocycles. The van der Waals surface area contributed by atoms with Gasteiger partial charge in [-0.1, -0.05) is 12.1 Å². The molecule has 0 saturated carbocycles. The Hall–Kier alpha value is -2.65. The molecule has 1 unspecified atom stereocenters. The maximum atomic E-state index is 12.9. The summed E-state index contributed by atoms with van der Waals surface area (Å²) < 4.78 is 62.3. The molecular formula is C22H24F4N2O3. The van der Waals surface area contributed by atoms with E-state index in [-0.39, 0.29) is 37.3 Å². The van der Waals surface area contributed by atoms with Gasteiger partial charge in [-0.2, -0.15) is 13.2 Å². The van der Waals surface area contributed by atoms with E-state index in [9.17, 15) is 22.4 Å². The molecule has 31 heavy (non-hydrogen) atoms. The van der Waals surface area contributed by atoms with Gasteiger partial charge < -0.3 is 14.8 Å². The van der Waals surface area contributed by atoms with E-state index in [0.29, 0.717) is 37.6 Å². The van der Waals surface area contributed by atoms with Crippen LogP contribution in [0, 0.1) is 5.82 Å². The fourth-order valence-electron chi connectivity index (χ4n) is 3.33. The second-order valence-electron chi connectivity index (χ2n) is 7.14. The minimum absolute atomic E-state index is 0.0974. The van der Waals surface area contributed by atoms with E-state index < -0.39 is 11.7 Å². The number of hydrogen-bond donors (Lipinski definition) is 1. The van der Waals surface area contributed by atoms with E-state index in [2.05, 4.69) is 10.2 Å². The summed E-state index contributed by atoms with van der Waals surface area (Å²) in [5.74, 6) is -0.153. The van der Waals surface area contributed by atoms with Crippen molar-refractivity contribution in [2.45, 2.75) is 18.6 Å². The second-order valence-corrected chi connectivity index (χ2v) is 7.14. The van der Waals surface area contributed by atoms with Crippen LogP contribution in [0.3, 0.4) is 0 Å². The third-order valence-electron chi connectivity index (χ3n) is 5.01. The van der Waals surface area contributed by atoms with Gasteiger partial charge in [-0.25, -0.2) is 4.39 Å². The molecule has 0 bridgehead atoms. The van der Waals surface area contributed by atoms with Gasteiger partial charge in [0, 0.05) is 19.6 Å². The number of benzene rings is 2. The predicted molar refractivity (Wildman–Crippen MR) is 106 cm³/mol. The van der Waals surface area contributed by atoms with Crippen molar-refractivity contribution in [2.75, 3.05) is 39.5 Å². The van der Waals surface area contributed by atoms with Crippen molar-refractivity contribution >= 4 is 5.91 Å². The van der Waals surface area contributed by atoms with Crippen LogP contribution in [0.5, 0.6) is 5.75 Å². The minimum atomic E-state index is -4.40. The van der Waals surface area contributed by atoms with E-state index in [1.165, 1.54) is 36.4 Å². The van der Waals surface area contributed by atoms with Gasteiger partial charge >= 0.3 is 6.18 Å². The molecule has 0 aromatic heterocycles. The van der Waals surface area contributed by atoms with Crippen LogP contribution in [0.1, 0.15) is 23.6 Å². The fourth-order valence-corrected chi connectivity index (χ4v) is 3.33. The molecule has 1 fully saturated rings. The molecule has 9 heteroatoms. The van der Waals surface area contributed by atoms with Gasteiger partial charge in [0.2, 0.25) is 5.91 Å². The van der Waals surface area contributed by atoms with Gasteiger partial charge in [0.25, 0.3) is 0 Å². The van der Waals surface area contributed by atoms with Crippen molar-refractivity contribution in [3.05, 3.63) is 65.5 Å². The lowest BCUT2D eigenvalue weighted by Gasteiger charge is -2.35. The number of amides is 1. The average molecular weight is 440 g/mol. The van der Waals surface area contributed by atoms with Crippen LogP contribution in [0.4, 0.5) is 17.6 Å². The first-order valence-electron chi connectivity index (χ1n) is 9.97. The molecule has 0 radical (unpaired) electrons. The number of alkyl halides is 3. The van der Waals surface area contributed by atoms with E-state index in [1.807, 2.05) is 0 Å². The monoisotopic (exact) mass is 440 g/mol. The van der Waals surface area contributed by atoms with Crippen molar-refractivity contribution < 1.29 is 31.8 Å². The molecule has 2 aromatic rings. The molecule has 1 saturated heterocycles. The van der Waals surface area contributed by atoms with Crippen LogP contribution in [0.15, 0.2) is 48.5 Å². The number of rotatable bonds is 8. The van der Waals surface area contributed by atoms with E-state index in [1.54, 1.807) is 0 Å². The first-order valence-corrected chi connectivity index (χ1v) is 9.97. The van der Waals surface area contributed by atoms with Gasteiger partial charge in [-0.15, -0.1) is 0 Å². The molecule has 5 nitrogen and oxygen atoms in total. The number of morpholine rings is 1. The summed E-state index contributed by atoms with van der Waals surface area (Å²) >= 11 is 0. The van der Waals surface area contributed by atoms with Crippen molar-refractivity contribution in [2.24, 2.45) is 0 Å². The summed E-state index contributed by atoms with van der Waals surface area (Å²) in [6.07, 6.45) is -4.30. The third kappa shape index (κ3) is 6.93. The Morgan fingerprint density at radius 2 is 1.71 bits per heavy atom. The molecule has 1 aliphatic rings. The van der Waals surface area contributed by atoms with Crippen molar-refractivity contribution in [1.29, 1.82) is 0 Å². The lowest BCUT2D eigenvalue weighted by atomic mass is 10.0. The highest BCUT2D eigenvalue weighted by atomic mass is 19.4. The largest absolute Gasteiger partial charge is 0.493 e. The SMILES string of the molecule is O=C(CCOc1ccc(F)cc1)NCC(c1ccc(C(F)(F)F)cc1)N1CCOCC1. The van der Waals surface area contributed by atoms with Crippen molar-refractivity contribution in [3.8, 4) is 5.75 Å². The van der Waals surface area contributed by atoms with E-state index >= 15 is 0 Å². The van der Waals surface area contributed by atoms with E-state index in [0.717, 1.165) is 12.1 Å². The standard InChI is InChI=1S/C22H24F4N2O3/c23-18-5-7-19(8-6-18)31-12-9-21(29)27-15-20(28-10-13-30-14-11-28)16-1-3-17(4-2-16)22(24,25)26/h1-8,20H,9-15H2,(H,27,29). The first kappa shape index (κ1) is 23.0. The number of hydrogen-bond acceptors (Lipinski definition) is 4. The number of nitrogens with one attached hydrogen (secondary N) is 1. The zero-order chi connectivity index (χ0) is 22.3. The van der Waals surface area contributed by atoms with Gasteiger partial charge in [0.05, 0.1) is 37.8 Å². The van der Waals surface area contributed by atoms with Crippen LogP contribution in [-0.4, -0.2) is 50.3 Å². The Morgan fingerprint density at radius 3 is 2.32 bits per heavy atom. The van der Waals surface area contributed by atoms with Crippen LogP contribution in [-0.2, 0) is 15.7 Å². The van der Waals surface area contributed by atoms with Crippen LogP contribution in [0.2, 0.25) is 0 Å². The topological polar surface area (TPSA) is 50.8 Å². The van der Waals surface area contributed by atoms with Crippen molar-refractivity contribution in [1.82, 2.24) is 10.2 Å². The Morgan fingerprint density at radius 1 is 1.06 bits per heavy atom. The van der Waals surface area contributed by atoms with Gasteiger partial charge in [0.1, 0.15) is 11.6 Å². The van der Waals surface area contributed by atoms with E-state index in [4.69, 9.17) is 9.47 Å². The molecule has 168 valence electrons. The van der Waals surface area contributed by atoms with Crippen LogP contribution < -0.4 is 10.1 Å². The molecule has 1 atom stereocenters. The zero-order valence-electron chi connectivity index (χ0n) is 16.8. The Kier molecular flexibility index (Phi) is 7.86. The molecule has 0 aliphatic carbocycles. The number of nitrogens with zero attached hydrogens (tertiary/aromatic N) is 1. The molecular weight excluding hydrogens is 416 g/mol. The normalized spacial score (nSPS) is 16.0. The predicted octanol–water partition coefficient (Wildman–Crippen LogP) is 3.80. The Bertz CT molecular complexity index is 835. The third-order valence-corrected chi connectivity index (χ3v) is 5.01. The molecule has 0 spiro atoms. The van der Waals surface area contributed by atoms with Gasteiger partial charge in [-0.05, 0) is 42.0 Å². The number of ether oxygens (including phenoxy) is 2. The minimum Gasteiger partial charge on any atom is -0.493 e. The first-order chi connectivity index (χ1) is 14.8. The zero-order valence-corrected chi connectivity index (χ0v) is 16.8. The van der Waals surface area contributed by atoms with Gasteiger partial charge in [-0.3, -0.25) is 9.69 Å². The van der Waals surface area contributed by atoms with Gasteiger partial charge in [0.15, 0.2) is 0 Å². The smallest absolute Gasteiger partial charge is 0.416 e. The molecule has 1 heterocycles. The quantitative estimate of drug-likeness (QED) is 0.635. The number of carbonyl (C=O) groups excluding carboxylic acids is 1. The molecule has 1 N–H and O–H groups in total. The highest BCUT2D eigenvalue weighted by Crippen LogP contribution is 2.31. The number of halogens is 4. The summed E-state index contributed by atoms with van der Waals surface area (Å²) in [4.78, 5) is 14.3. The Labute approximate surface area is 177 Å². The molecule has 2 aromatic carbocycles. The molecule has 3 rings (SSSR count). The lowest BCUT2D eigenvalue weighted by Crippen LogP contribution is -2.44. The number of carbonyl (C=O) groups is 1. The summed E-state index contributed by atoms with van der Waals surface area (Å²) in [5, 5.41) is 2.84. The molecule has 1 amide bonds.